The molecule has 1 rings (SSSR count). The van der Waals surface area contributed by atoms with Crippen LogP contribution >= 0.6 is 0 Å². The van der Waals surface area contributed by atoms with E-state index in [4.69, 9.17) is 5.73 Å². The molecule has 0 aliphatic carbocycles. The van der Waals surface area contributed by atoms with Crippen molar-refractivity contribution in [2.45, 2.75) is 0 Å². The average molecular weight is 282 g/mol. The number of pyridine rings is 1. The van der Waals surface area contributed by atoms with Gasteiger partial charge in [0.25, 0.3) is 5.91 Å². The van der Waals surface area contributed by atoms with Crippen LogP contribution in [0.25, 0.3) is 0 Å². The summed E-state index contributed by atoms with van der Waals surface area (Å²) >= 11 is 0. The molecular formula is C7H11IN2O2. The van der Waals surface area contributed by atoms with E-state index in [1.807, 2.05) is 13.2 Å². The number of nitrogens with two attached hydrogens (primary N) is 1. The third-order valence-electron chi connectivity index (χ3n) is 1.22. The van der Waals surface area contributed by atoms with Gasteiger partial charge in [-0.05, 0) is 6.07 Å². The Morgan fingerprint density at radius 2 is 2.17 bits per heavy atom. The van der Waals surface area contributed by atoms with Crippen molar-refractivity contribution in [1.82, 2.24) is 0 Å². The van der Waals surface area contributed by atoms with Gasteiger partial charge in [0, 0.05) is 6.07 Å². The number of carbonyl (C=O) groups excluding carboxylic acids is 1. The number of rotatable bonds is 1. The lowest BCUT2D eigenvalue weighted by molar-refractivity contribution is -0.671. The van der Waals surface area contributed by atoms with Crippen LogP contribution in [0.5, 0.6) is 0 Å². The SMILES string of the molecule is C[n+]1cccc(C(N)=O)c1.O.[I-]. The molecule has 0 saturated carbocycles. The summed E-state index contributed by atoms with van der Waals surface area (Å²) in [5.74, 6) is -0.392. The summed E-state index contributed by atoms with van der Waals surface area (Å²) in [5, 5.41) is 0. The quantitative estimate of drug-likeness (QED) is 0.411. The minimum atomic E-state index is -0.392. The Bertz CT molecular complexity index is 265. The van der Waals surface area contributed by atoms with E-state index in [1.54, 1.807) is 22.9 Å². The van der Waals surface area contributed by atoms with Crippen molar-refractivity contribution in [1.29, 1.82) is 0 Å². The fourth-order valence-electron chi connectivity index (χ4n) is 0.734. The van der Waals surface area contributed by atoms with Crippen molar-refractivity contribution >= 4 is 5.91 Å². The number of halogens is 1. The van der Waals surface area contributed by atoms with Crippen molar-refractivity contribution in [3.05, 3.63) is 30.1 Å². The molecule has 5 heteroatoms. The van der Waals surface area contributed by atoms with Crippen molar-refractivity contribution < 1.29 is 38.8 Å². The summed E-state index contributed by atoms with van der Waals surface area (Å²) in [7, 11) is 1.84. The fourth-order valence-corrected chi connectivity index (χ4v) is 0.734. The van der Waals surface area contributed by atoms with Crippen LogP contribution in [0.15, 0.2) is 24.5 Å². The van der Waals surface area contributed by atoms with Gasteiger partial charge < -0.3 is 35.2 Å². The smallest absolute Gasteiger partial charge is 0.254 e. The zero-order chi connectivity index (χ0) is 7.56. The highest BCUT2D eigenvalue weighted by Crippen LogP contribution is 1.89. The number of aryl methyl sites for hydroxylation is 1. The second-order valence-corrected chi connectivity index (χ2v) is 2.12. The molecule has 0 aliphatic heterocycles. The molecular weight excluding hydrogens is 271 g/mol. The van der Waals surface area contributed by atoms with E-state index in [0.29, 0.717) is 5.56 Å². The van der Waals surface area contributed by atoms with Crippen molar-refractivity contribution in [3.63, 3.8) is 0 Å². The van der Waals surface area contributed by atoms with Gasteiger partial charge >= 0.3 is 0 Å². The summed E-state index contributed by atoms with van der Waals surface area (Å²) in [6.07, 6.45) is 3.52. The minimum absolute atomic E-state index is 0. The monoisotopic (exact) mass is 282 g/mol. The Kier molecular flexibility index (Phi) is 6.82. The second kappa shape index (κ2) is 5.90. The van der Waals surface area contributed by atoms with E-state index in [9.17, 15) is 4.79 Å². The number of nitrogens with zero attached hydrogens (tertiary/aromatic N) is 1. The Hall–Kier alpha value is -0.690. The zero-order valence-corrected chi connectivity index (χ0v) is 8.78. The van der Waals surface area contributed by atoms with Gasteiger partial charge in [0.15, 0.2) is 12.4 Å². The zero-order valence-electron chi connectivity index (χ0n) is 6.62. The van der Waals surface area contributed by atoms with Crippen LogP contribution in [0.1, 0.15) is 10.4 Å². The first-order chi connectivity index (χ1) is 4.70. The minimum Gasteiger partial charge on any atom is -1.00 e. The maximum Gasteiger partial charge on any atom is 0.254 e. The maximum atomic E-state index is 10.6. The molecule has 0 aliphatic rings. The second-order valence-electron chi connectivity index (χ2n) is 2.12. The van der Waals surface area contributed by atoms with Gasteiger partial charge in [0.2, 0.25) is 0 Å². The maximum absolute atomic E-state index is 10.6. The van der Waals surface area contributed by atoms with E-state index >= 15 is 0 Å². The molecule has 1 aromatic rings. The van der Waals surface area contributed by atoms with Crippen LogP contribution < -0.4 is 34.3 Å². The first kappa shape index (κ1) is 13.9. The van der Waals surface area contributed by atoms with Crippen LogP contribution in [0.2, 0.25) is 0 Å². The van der Waals surface area contributed by atoms with E-state index in [2.05, 4.69) is 0 Å². The van der Waals surface area contributed by atoms with Crippen molar-refractivity contribution in [2.75, 3.05) is 0 Å². The molecule has 0 fully saturated rings. The Morgan fingerprint density at radius 3 is 2.50 bits per heavy atom. The molecule has 0 spiro atoms. The summed E-state index contributed by atoms with van der Waals surface area (Å²) in [5.41, 5.74) is 5.56. The highest BCUT2D eigenvalue weighted by atomic mass is 127. The molecule has 0 atom stereocenters. The van der Waals surface area contributed by atoms with Gasteiger partial charge in [-0.1, -0.05) is 0 Å². The number of hydrogen-bond donors (Lipinski definition) is 1. The van der Waals surface area contributed by atoms with Gasteiger partial charge in [-0.3, -0.25) is 4.79 Å². The highest BCUT2D eigenvalue weighted by molar-refractivity contribution is 5.92. The third-order valence-corrected chi connectivity index (χ3v) is 1.22. The molecule has 0 saturated heterocycles. The summed E-state index contributed by atoms with van der Waals surface area (Å²) in [4.78, 5) is 10.6. The lowest BCUT2D eigenvalue weighted by Crippen LogP contribution is -3.00. The molecule has 0 bridgehead atoms. The van der Waals surface area contributed by atoms with E-state index in [0.717, 1.165) is 0 Å². The molecule has 1 amide bonds. The van der Waals surface area contributed by atoms with Gasteiger partial charge in [-0.25, -0.2) is 4.57 Å². The van der Waals surface area contributed by atoms with Crippen molar-refractivity contribution in [2.24, 2.45) is 12.8 Å². The fraction of sp³-hybridized carbons (Fsp3) is 0.143. The first-order valence-corrected chi connectivity index (χ1v) is 2.95. The number of aromatic nitrogens is 1. The standard InChI is InChI=1S/C7H8N2O.HI.H2O/c1-9-4-2-3-6(5-9)7(8)10;;/h2-5H,1H3,(H-,8,10);1H;1H2. The van der Waals surface area contributed by atoms with Crippen LogP contribution in [0.4, 0.5) is 0 Å². The first-order valence-electron chi connectivity index (χ1n) is 2.95. The number of hydrogen-bond acceptors (Lipinski definition) is 1. The van der Waals surface area contributed by atoms with Crippen LogP contribution in [-0.4, -0.2) is 11.4 Å². The Balaban J connectivity index is 0. The van der Waals surface area contributed by atoms with E-state index in [1.165, 1.54) is 0 Å². The van der Waals surface area contributed by atoms with Crippen LogP contribution in [0.3, 0.4) is 0 Å². The molecule has 0 unspecified atom stereocenters. The molecule has 0 aromatic carbocycles. The normalized spacial score (nSPS) is 7.75. The molecule has 4 nitrogen and oxygen atoms in total. The molecule has 12 heavy (non-hydrogen) atoms. The van der Waals surface area contributed by atoms with E-state index in [-0.39, 0.29) is 29.5 Å². The number of amides is 1. The predicted molar refractivity (Wildman–Crippen MR) is 39.7 cm³/mol. The molecule has 1 aromatic heterocycles. The summed E-state index contributed by atoms with van der Waals surface area (Å²) in [6.45, 7) is 0. The van der Waals surface area contributed by atoms with Gasteiger partial charge in [-0.2, -0.15) is 0 Å². The summed E-state index contributed by atoms with van der Waals surface area (Å²) < 4.78 is 1.78. The predicted octanol–water partition coefficient (Wildman–Crippen LogP) is -4.21. The molecule has 1 heterocycles. The largest absolute Gasteiger partial charge is 1.00 e. The van der Waals surface area contributed by atoms with Crippen LogP contribution in [0, 0.1) is 0 Å². The van der Waals surface area contributed by atoms with Gasteiger partial charge in [0.1, 0.15) is 12.6 Å². The number of primary amides is 1. The van der Waals surface area contributed by atoms with Gasteiger partial charge in [0.05, 0.1) is 0 Å². The third kappa shape index (κ3) is 3.63. The topological polar surface area (TPSA) is 78.5 Å². The van der Waals surface area contributed by atoms with Gasteiger partial charge in [-0.15, -0.1) is 0 Å². The van der Waals surface area contributed by atoms with Crippen LogP contribution in [-0.2, 0) is 7.05 Å². The summed E-state index contributed by atoms with van der Waals surface area (Å²) in [6, 6.07) is 3.46. The average Bonchev–Trinajstić information content (AvgIpc) is 1.88. The molecule has 0 radical (unpaired) electrons. The lowest BCUT2D eigenvalue weighted by Gasteiger charge is -1.89. The Morgan fingerprint density at radius 1 is 1.58 bits per heavy atom. The lowest BCUT2D eigenvalue weighted by atomic mass is 10.3. The van der Waals surface area contributed by atoms with E-state index < -0.39 is 5.91 Å². The molecule has 68 valence electrons. The highest BCUT2D eigenvalue weighted by Gasteiger charge is 2.02. The van der Waals surface area contributed by atoms with Crippen molar-refractivity contribution in [3.8, 4) is 0 Å². The molecule has 4 N–H and O–H groups in total. The number of carbonyl (C=O) groups is 1. The Labute approximate surface area is 87.7 Å².